The van der Waals surface area contributed by atoms with Gasteiger partial charge in [0, 0.05) is 10.6 Å². The van der Waals surface area contributed by atoms with Crippen LogP contribution in [-0.4, -0.2) is 10.2 Å². The highest BCUT2D eigenvalue weighted by Crippen LogP contribution is 2.33. The Morgan fingerprint density at radius 3 is 2.47 bits per heavy atom. The molecule has 0 radical (unpaired) electrons. The Balaban J connectivity index is 2.58. The summed E-state index contributed by atoms with van der Waals surface area (Å²) in [5.41, 5.74) is 1.34. The lowest BCUT2D eigenvalue weighted by molar-refractivity contribution is 0.462. The minimum Gasteiger partial charge on any atom is -0.508 e. The van der Waals surface area contributed by atoms with Crippen LogP contribution in [0.1, 0.15) is 0 Å². The molecule has 2 N–H and O–H groups in total. The van der Waals surface area contributed by atoms with Crippen molar-refractivity contribution in [3.05, 3.63) is 47.5 Å². The van der Waals surface area contributed by atoms with E-state index in [1.807, 2.05) is 6.07 Å². The number of benzene rings is 2. The van der Waals surface area contributed by atoms with Gasteiger partial charge < -0.3 is 10.2 Å². The van der Waals surface area contributed by atoms with E-state index < -0.39 is 0 Å². The normalized spacial score (nSPS) is 10.2. The molecule has 0 amide bonds. The van der Waals surface area contributed by atoms with E-state index >= 15 is 0 Å². The van der Waals surface area contributed by atoms with Gasteiger partial charge in [-0.3, -0.25) is 0 Å². The van der Waals surface area contributed by atoms with Crippen molar-refractivity contribution < 1.29 is 10.2 Å². The van der Waals surface area contributed by atoms with Crippen LogP contribution in [0.3, 0.4) is 0 Å². The van der Waals surface area contributed by atoms with E-state index in [9.17, 15) is 10.2 Å². The third-order valence-electron chi connectivity index (χ3n) is 2.12. The molecule has 76 valence electrons. The van der Waals surface area contributed by atoms with Crippen molar-refractivity contribution in [1.82, 2.24) is 0 Å². The molecule has 15 heavy (non-hydrogen) atoms. The molecule has 0 aliphatic heterocycles. The molecule has 3 heteroatoms. The van der Waals surface area contributed by atoms with Gasteiger partial charge in [-0.05, 0) is 35.9 Å². The first-order valence-corrected chi connectivity index (χ1v) is 4.82. The second-order valence-electron chi connectivity index (χ2n) is 3.21. The van der Waals surface area contributed by atoms with E-state index in [2.05, 4.69) is 0 Å². The lowest BCUT2D eigenvalue weighted by Crippen LogP contribution is -1.79. The Morgan fingerprint density at radius 1 is 0.933 bits per heavy atom. The molecule has 0 aromatic heterocycles. The van der Waals surface area contributed by atoms with E-state index in [0.29, 0.717) is 10.6 Å². The predicted octanol–water partition coefficient (Wildman–Crippen LogP) is 3.42. The van der Waals surface area contributed by atoms with Crippen LogP contribution < -0.4 is 0 Å². The number of aromatic hydroxyl groups is 2. The number of halogens is 1. The number of phenolic OH excluding ortho intramolecular Hbond substituents is 2. The smallest absolute Gasteiger partial charge is 0.123 e. The minimum atomic E-state index is 0.114. The van der Waals surface area contributed by atoms with Crippen molar-refractivity contribution >= 4 is 11.6 Å². The predicted molar refractivity (Wildman–Crippen MR) is 60.2 cm³/mol. The van der Waals surface area contributed by atoms with Gasteiger partial charge in [-0.15, -0.1) is 0 Å². The summed E-state index contributed by atoms with van der Waals surface area (Å²) in [6.45, 7) is 0. The van der Waals surface area contributed by atoms with Crippen LogP contribution >= 0.6 is 11.6 Å². The fourth-order valence-corrected chi connectivity index (χ4v) is 1.60. The van der Waals surface area contributed by atoms with Crippen molar-refractivity contribution in [2.24, 2.45) is 0 Å². The summed E-state index contributed by atoms with van der Waals surface area (Å²) in [4.78, 5) is 0. The summed E-state index contributed by atoms with van der Waals surface area (Å²) >= 11 is 5.84. The quantitative estimate of drug-likeness (QED) is 0.723. The Hall–Kier alpha value is -1.67. The van der Waals surface area contributed by atoms with E-state index in [1.54, 1.807) is 18.2 Å². The van der Waals surface area contributed by atoms with Crippen molar-refractivity contribution in [2.75, 3.05) is 0 Å². The monoisotopic (exact) mass is 220 g/mol. The highest BCUT2D eigenvalue weighted by atomic mass is 35.5. The zero-order valence-corrected chi connectivity index (χ0v) is 8.57. The summed E-state index contributed by atoms with van der Waals surface area (Å²) in [6, 6.07) is 11.5. The topological polar surface area (TPSA) is 40.5 Å². The Bertz CT molecular complexity index is 495. The zero-order chi connectivity index (χ0) is 10.8. The molecule has 0 saturated heterocycles. The molecule has 2 aromatic carbocycles. The number of rotatable bonds is 1. The Labute approximate surface area is 92.4 Å². The van der Waals surface area contributed by atoms with Gasteiger partial charge in [0.2, 0.25) is 0 Å². The van der Waals surface area contributed by atoms with Gasteiger partial charge in [-0.1, -0.05) is 23.7 Å². The second kappa shape index (κ2) is 3.83. The van der Waals surface area contributed by atoms with Gasteiger partial charge in [0.05, 0.1) is 0 Å². The van der Waals surface area contributed by atoms with Gasteiger partial charge in [0.25, 0.3) is 0 Å². The maximum atomic E-state index is 9.63. The van der Waals surface area contributed by atoms with Crippen LogP contribution in [0.5, 0.6) is 11.5 Å². The summed E-state index contributed by atoms with van der Waals surface area (Å²) in [6.07, 6.45) is 0. The van der Waals surface area contributed by atoms with E-state index in [-0.39, 0.29) is 11.5 Å². The summed E-state index contributed by atoms with van der Waals surface area (Å²) < 4.78 is 0. The fraction of sp³-hybridized carbons (Fsp3) is 0. The molecule has 2 nitrogen and oxygen atoms in total. The number of hydrogen-bond donors (Lipinski definition) is 2. The molecular weight excluding hydrogens is 212 g/mol. The zero-order valence-electron chi connectivity index (χ0n) is 7.81. The lowest BCUT2D eigenvalue weighted by Gasteiger charge is -2.05. The van der Waals surface area contributed by atoms with Crippen molar-refractivity contribution in [2.45, 2.75) is 0 Å². The molecule has 2 rings (SSSR count). The van der Waals surface area contributed by atoms with E-state index in [0.717, 1.165) is 5.56 Å². The van der Waals surface area contributed by atoms with Crippen LogP contribution in [-0.2, 0) is 0 Å². The number of hydrogen-bond acceptors (Lipinski definition) is 2. The first kappa shape index (κ1) is 9.87. The van der Waals surface area contributed by atoms with Gasteiger partial charge in [0.1, 0.15) is 11.5 Å². The van der Waals surface area contributed by atoms with Gasteiger partial charge in [-0.25, -0.2) is 0 Å². The van der Waals surface area contributed by atoms with E-state index in [1.165, 1.54) is 18.2 Å². The fourth-order valence-electron chi connectivity index (χ4n) is 1.41. The first-order chi connectivity index (χ1) is 7.16. The van der Waals surface area contributed by atoms with Crippen LogP contribution in [0.25, 0.3) is 11.1 Å². The Kier molecular flexibility index (Phi) is 2.52. The standard InChI is InChI=1S/C12H9ClO2/c13-9-3-1-2-8(6-9)11-7-10(14)4-5-12(11)15/h1-7,14-15H. The average Bonchev–Trinajstić information content (AvgIpc) is 2.22. The molecule has 0 fully saturated rings. The summed E-state index contributed by atoms with van der Waals surface area (Å²) in [7, 11) is 0. The van der Waals surface area contributed by atoms with Crippen molar-refractivity contribution in [3.8, 4) is 22.6 Å². The molecular formula is C12H9ClO2. The van der Waals surface area contributed by atoms with E-state index in [4.69, 9.17) is 11.6 Å². The first-order valence-electron chi connectivity index (χ1n) is 4.45. The Morgan fingerprint density at radius 2 is 1.73 bits per heavy atom. The van der Waals surface area contributed by atoms with Gasteiger partial charge in [0.15, 0.2) is 0 Å². The van der Waals surface area contributed by atoms with Crippen LogP contribution in [0.2, 0.25) is 5.02 Å². The SMILES string of the molecule is Oc1ccc(O)c(-c2cccc(Cl)c2)c1. The molecule has 0 spiro atoms. The molecule has 0 saturated carbocycles. The third kappa shape index (κ3) is 2.05. The largest absolute Gasteiger partial charge is 0.508 e. The molecule has 0 unspecified atom stereocenters. The minimum absolute atomic E-state index is 0.114. The summed E-state index contributed by atoms with van der Waals surface area (Å²) in [5.74, 6) is 0.234. The van der Waals surface area contributed by atoms with Gasteiger partial charge >= 0.3 is 0 Å². The molecule has 0 aliphatic carbocycles. The highest BCUT2D eigenvalue weighted by molar-refractivity contribution is 6.30. The molecule has 0 atom stereocenters. The lowest BCUT2D eigenvalue weighted by atomic mass is 10.0. The maximum absolute atomic E-state index is 9.63. The van der Waals surface area contributed by atoms with Crippen molar-refractivity contribution in [1.29, 1.82) is 0 Å². The maximum Gasteiger partial charge on any atom is 0.123 e. The van der Waals surface area contributed by atoms with Crippen LogP contribution in [0.4, 0.5) is 0 Å². The summed E-state index contributed by atoms with van der Waals surface area (Å²) in [5, 5.41) is 19.5. The average molecular weight is 221 g/mol. The highest BCUT2D eigenvalue weighted by Gasteiger charge is 2.05. The van der Waals surface area contributed by atoms with Crippen molar-refractivity contribution in [3.63, 3.8) is 0 Å². The molecule has 2 aromatic rings. The van der Waals surface area contributed by atoms with Crippen LogP contribution in [0, 0.1) is 0 Å². The molecule has 0 aliphatic rings. The second-order valence-corrected chi connectivity index (χ2v) is 3.65. The molecule has 0 heterocycles. The van der Waals surface area contributed by atoms with Crippen LogP contribution in [0.15, 0.2) is 42.5 Å². The van der Waals surface area contributed by atoms with Gasteiger partial charge in [-0.2, -0.15) is 0 Å². The molecule has 0 bridgehead atoms. The third-order valence-corrected chi connectivity index (χ3v) is 2.35. The number of phenols is 2.